The van der Waals surface area contributed by atoms with Crippen LogP contribution in [0.3, 0.4) is 0 Å². The molecule has 0 aliphatic carbocycles. The second kappa shape index (κ2) is 10.5. The Labute approximate surface area is 124 Å². The molecule has 0 N–H and O–H groups in total. The van der Waals surface area contributed by atoms with Crippen molar-refractivity contribution < 1.29 is 0 Å². The van der Waals surface area contributed by atoms with Crippen LogP contribution < -0.4 is 0 Å². The summed E-state index contributed by atoms with van der Waals surface area (Å²) in [4.78, 5) is 0.529. The minimum atomic E-state index is -2.40. The van der Waals surface area contributed by atoms with Gasteiger partial charge < -0.3 is 0 Å². The molecule has 0 aromatic carbocycles. The molecule has 98 valence electrons. The zero-order chi connectivity index (χ0) is 12.4. The molecule has 16 heavy (non-hydrogen) atoms. The predicted molar refractivity (Wildman–Crippen MR) is 83.4 cm³/mol. The maximum atomic E-state index is 5.84. The van der Waals surface area contributed by atoms with Crippen LogP contribution in [0.2, 0.25) is 6.04 Å². The van der Waals surface area contributed by atoms with Gasteiger partial charge in [-0.2, -0.15) is 0 Å². The molecule has 0 saturated heterocycles. The highest BCUT2D eigenvalue weighted by atomic mass is 79.9. The van der Waals surface area contributed by atoms with Crippen LogP contribution >= 0.6 is 49.2 Å². The van der Waals surface area contributed by atoms with E-state index in [1.165, 1.54) is 44.9 Å². The Kier molecular flexibility index (Phi) is 11.5. The van der Waals surface area contributed by atoms with Crippen molar-refractivity contribution in [3.05, 3.63) is 0 Å². The molecule has 0 fully saturated rings. The molecule has 0 aromatic rings. The van der Waals surface area contributed by atoms with Gasteiger partial charge in [-0.1, -0.05) is 61.4 Å². The molecule has 0 saturated carbocycles. The Morgan fingerprint density at radius 1 is 0.938 bits per heavy atom. The van der Waals surface area contributed by atoms with E-state index < -0.39 is 6.00 Å². The Bertz CT molecular complexity index is 162. The van der Waals surface area contributed by atoms with Gasteiger partial charge in [0.15, 0.2) is 0 Å². The summed E-state index contributed by atoms with van der Waals surface area (Å²) in [7, 11) is 0. The van der Waals surface area contributed by atoms with Gasteiger partial charge >= 0.3 is 6.00 Å². The lowest BCUT2D eigenvalue weighted by molar-refractivity contribution is 0.580. The lowest BCUT2D eigenvalue weighted by Gasteiger charge is -2.12. The summed E-state index contributed by atoms with van der Waals surface area (Å²) in [5.41, 5.74) is 0. The minimum Gasteiger partial charge on any atom is -0.126 e. The number of hydrogen-bond acceptors (Lipinski definition) is 0. The first kappa shape index (κ1) is 17.6. The van der Waals surface area contributed by atoms with E-state index in [0.29, 0.717) is 4.83 Å². The second-order valence-electron chi connectivity index (χ2n) is 4.31. The van der Waals surface area contributed by atoms with E-state index in [9.17, 15) is 0 Å². The van der Waals surface area contributed by atoms with Crippen LogP contribution in [0.5, 0.6) is 0 Å². The van der Waals surface area contributed by atoms with E-state index >= 15 is 0 Å². The maximum Gasteiger partial charge on any atom is 0.341 e. The third kappa shape index (κ3) is 13.6. The molecule has 0 amide bonds. The van der Waals surface area contributed by atoms with Crippen LogP contribution in [-0.2, 0) is 0 Å². The summed E-state index contributed by atoms with van der Waals surface area (Å²) in [6.07, 6.45) is 10.3. The van der Waals surface area contributed by atoms with Crippen molar-refractivity contribution in [2.24, 2.45) is 0 Å². The number of rotatable bonds is 10. The monoisotopic (exact) mass is 366 g/mol. The normalized spacial score (nSPS) is 14.1. The maximum absolute atomic E-state index is 5.84. The lowest BCUT2D eigenvalue weighted by atomic mass is 10.1. The van der Waals surface area contributed by atoms with E-state index in [1.807, 2.05) is 0 Å². The lowest BCUT2D eigenvalue weighted by Crippen LogP contribution is -2.11. The molecule has 1 unspecified atom stereocenters. The van der Waals surface area contributed by atoms with Crippen LogP contribution in [0.15, 0.2) is 0 Å². The fourth-order valence-corrected chi connectivity index (χ4v) is 4.24. The molecule has 0 rings (SSSR count). The first-order valence-corrected chi connectivity index (χ1v) is 12.3. The predicted octanol–water partition coefficient (Wildman–Crippen LogP) is 6.55. The average molecular weight is 369 g/mol. The zero-order valence-corrected chi connectivity index (χ0v) is 14.8. The largest absolute Gasteiger partial charge is 0.341 e. The quantitative estimate of drug-likeness (QED) is 0.178. The highest BCUT2D eigenvalue weighted by Crippen LogP contribution is 2.29. The molecule has 0 radical (unpaired) electrons. The highest BCUT2D eigenvalue weighted by molar-refractivity contribution is 9.09. The van der Waals surface area contributed by atoms with Crippen molar-refractivity contribution in [1.29, 1.82) is 0 Å². The van der Waals surface area contributed by atoms with E-state index in [4.69, 9.17) is 33.2 Å². The summed E-state index contributed by atoms with van der Waals surface area (Å²) in [6.45, 7) is 2.25. The standard InChI is InChI=1S/C11H22BrCl3Si/c1-2-3-4-5-6-7-8-11(12)9-10-16(13,14)15/h11H,2-10H2,1H3. The van der Waals surface area contributed by atoms with Gasteiger partial charge in [0.25, 0.3) is 0 Å². The molecule has 0 heterocycles. The van der Waals surface area contributed by atoms with Gasteiger partial charge in [-0.05, 0) is 18.9 Å². The molecule has 0 aliphatic rings. The van der Waals surface area contributed by atoms with Crippen LogP contribution in [0.1, 0.15) is 58.3 Å². The first-order valence-electron chi connectivity index (χ1n) is 6.16. The molecular weight excluding hydrogens is 346 g/mol. The Morgan fingerprint density at radius 3 is 2.06 bits per heavy atom. The first-order chi connectivity index (χ1) is 7.45. The fraction of sp³-hybridized carbons (Fsp3) is 1.00. The van der Waals surface area contributed by atoms with E-state index in [0.717, 1.165) is 12.5 Å². The summed E-state index contributed by atoms with van der Waals surface area (Å²) >= 11 is 21.2. The molecule has 0 aliphatic heterocycles. The van der Waals surface area contributed by atoms with E-state index in [-0.39, 0.29) is 0 Å². The van der Waals surface area contributed by atoms with Gasteiger partial charge in [0.1, 0.15) is 0 Å². The van der Waals surface area contributed by atoms with Crippen molar-refractivity contribution in [3.63, 3.8) is 0 Å². The third-order valence-electron chi connectivity index (χ3n) is 2.61. The van der Waals surface area contributed by atoms with Crippen molar-refractivity contribution in [2.75, 3.05) is 0 Å². The molecule has 0 spiro atoms. The average Bonchev–Trinajstić information content (AvgIpc) is 2.19. The Hall–Kier alpha value is 1.57. The third-order valence-corrected chi connectivity index (χ3v) is 6.08. The number of unbranched alkanes of at least 4 members (excludes halogenated alkanes) is 5. The molecule has 5 heteroatoms. The molecular formula is C11H22BrCl3Si. The van der Waals surface area contributed by atoms with Gasteiger partial charge in [-0.15, -0.1) is 33.2 Å². The van der Waals surface area contributed by atoms with Crippen molar-refractivity contribution in [3.8, 4) is 0 Å². The zero-order valence-electron chi connectivity index (χ0n) is 9.95. The smallest absolute Gasteiger partial charge is 0.126 e. The van der Waals surface area contributed by atoms with Crippen LogP contribution in [0.4, 0.5) is 0 Å². The van der Waals surface area contributed by atoms with E-state index in [1.54, 1.807) is 0 Å². The van der Waals surface area contributed by atoms with Crippen LogP contribution in [0, 0.1) is 0 Å². The van der Waals surface area contributed by atoms with Crippen LogP contribution in [0.25, 0.3) is 0 Å². The summed E-state index contributed by atoms with van der Waals surface area (Å²) < 4.78 is 0. The SMILES string of the molecule is CCCCCCCCC(Br)CC[Si](Cl)(Cl)Cl. The number of halogens is 4. The Balaban J connectivity index is 3.27. The number of alkyl halides is 1. The van der Waals surface area contributed by atoms with Gasteiger partial charge in [0.05, 0.1) is 0 Å². The highest BCUT2D eigenvalue weighted by Gasteiger charge is 2.25. The van der Waals surface area contributed by atoms with Crippen molar-refractivity contribution >= 4 is 55.2 Å². The summed E-state index contributed by atoms with van der Waals surface area (Å²) in [6, 6.07) is -1.63. The van der Waals surface area contributed by atoms with E-state index in [2.05, 4.69) is 22.9 Å². The van der Waals surface area contributed by atoms with Crippen molar-refractivity contribution in [1.82, 2.24) is 0 Å². The van der Waals surface area contributed by atoms with Gasteiger partial charge in [-0.3, -0.25) is 0 Å². The van der Waals surface area contributed by atoms with Gasteiger partial charge in [0, 0.05) is 4.83 Å². The molecule has 0 bridgehead atoms. The summed E-state index contributed by atoms with van der Waals surface area (Å²) in [5.74, 6) is 0. The van der Waals surface area contributed by atoms with Gasteiger partial charge in [-0.25, -0.2) is 0 Å². The molecule has 0 nitrogen and oxygen atoms in total. The topological polar surface area (TPSA) is 0 Å². The number of hydrogen-bond donors (Lipinski definition) is 0. The summed E-state index contributed by atoms with van der Waals surface area (Å²) in [5, 5.41) is 0. The fourth-order valence-electron chi connectivity index (χ4n) is 1.61. The molecule has 0 aromatic heterocycles. The Morgan fingerprint density at radius 2 is 1.50 bits per heavy atom. The van der Waals surface area contributed by atoms with Crippen LogP contribution in [-0.4, -0.2) is 10.8 Å². The van der Waals surface area contributed by atoms with Crippen molar-refractivity contribution in [2.45, 2.75) is 69.2 Å². The molecule has 1 atom stereocenters. The minimum absolute atomic E-state index is 0.529. The second-order valence-corrected chi connectivity index (χ2v) is 14.9. The van der Waals surface area contributed by atoms with Gasteiger partial charge in [0.2, 0.25) is 0 Å².